The maximum absolute atomic E-state index is 11.8. The number of unbranched alkanes of at least 4 members (excludes halogenated alkanes) is 1. The van der Waals surface area contributed by atoms with Gasteiger partial charge in [-0.2, -0.15) is 4.98 Å². The largest absolute Gasteiger partial charge is 0.428 e. The summed E-state index contributed by atoms with van der Waals surface area (Å²) in [5.74, 6) is 1.03. The molecule has 16 heavy (non-hydrogen) atoms. The highest BCUT2D eigenvalue weighted by atomic mass is 16.4. The summed E-state index contributed by atoms with van der Waals surface area (Å²) in [4.78, 5) is 17.7. The van der Waals surface area contributed by atoms with Gasteiger partial charge in [0.25, 0.3) is 6.01 Å². The SMILES string of the molecule is CCCCC(=O)N1CCc2oc(N)nc2C1. The van der Waals surface area contributed by atoms with Crippen LogP contribution in [0.3, 0.4) is 0 Å². The first-order valence-electron chi connectivity index (χ1n) is 5.72. The van der Waals surface area contributed by atoms with Gasteiger partial charge in [-0.3, -0.25) is 4.79 Å². The van der Waals surface area contributed by atoms with Gasteiger partial charge in [0.1, 0.15) is 11.5 Å². The van der Waals surface area contributed by atoms with Crippen LogP contribution in [0.15, 0.2) is 4.42 Å². The van der Waals surface area contributed by atoms with Crippen molar-refractivity contribution in [2.75, 3.05) is 12.3 Å². The zero-order valence-electron chi connectivity index (χ0n) is 9.53. The minimum absolute atomic E-state index is 0.202. The molecule has 88 valence electrons. The van der Waals surface area contributed by atoms with Gasteiger partial charge >= 0.3 is 0 Å². The maximum atomic E-state index is 11.8. The summed E-state index contributed by atoms with van der Waals surface area (Å²) >= 11 is 0. The number of hydrogen-bond donors (Lipinski definition) is 1. The molecule has 0 aliphatic carbocycles. The molecule has 0 saturated heterocycles. The predicted octanol–water partition coefficient (Wildman–Crippen LogP) is 1.33. The number of nitrogen functional groups attached to an aromatic ring is 1. The van der Waals surface area contributed by atoms with E-state index in [0.29, 0.717) is 19.5 Å². The summed E-state index contributed by atoms with van der Waals surface area (Å²) in [5.41, 5.74) is 6.29. The smallest absolute Gasteiger partial charge is 0.292 e. The van der Waals surface area contributed by atoms with E-state index in [1.165, 1.54) is 0 Å². The number of nitrogens with two attached hydrogens (primary N) is 1. The van der Waals surface area contributed by atoms with Gasteiger partial charge in [0.15, 0.2) is 0 Å². The molecule has 0 aromatic carbocycles. The Bertz CT molecular complexity index is 387. The van der Waals surface area contributed by atoms with E-state index in [9.17, 15) is 4.79 Å². The summed E-state index contributed by atoms with van der Waals surface area (Å²) in [6, 6.07) is 0.202. The highest BCUT2D eigenvalue weighted by molar-refractivity contribution is 5.76. The van der Waals surface area contributed by atoms with E-state index >= 15 is 0 Å². The number of oxazole rings is 1. The van der Waals surface area contributed by atoms with Gasteiger partial charge in [-0.1, -0.05) is 13.3 Å². The molecule has 5 heteroatoms. The summed E-state index contributed by atoms with van der Waals surface area (Å²) in [7, 11) is 0. The summed E-state index contributed by atoms with van der Waals surface area (Å²) < 4.78 is 5.24. The van der Waals surface area contributed by atoms with Crippen molar-refractivity contribution in [3.63, 3.8) is 0 Å². The van der Waals surface area contributed by atoms with Crippen LogP contribution in [0.25, 0.3) is 0 Å². The molecule has 0 saturated carbocycles. The monoisotopic (exact) mass is 223 g/mol. The first-order valence-corrected chi connectivity index (χ1v) is 5.72. The Morgan fingerprint density at radius 2 is 2.44 bits per heavy atom. The molecule has 2 rings (SSSR count). The quantitative estimate of drug-likeness (QED) is 0.839. The lowest BCUT2D eigenvalue weighted by Crippen LogP contribution is -2.35. The van der Waals surface area contributed by atoms with Gasteiger partial charge in [-0.25, -0.2) is 0 Å². The molecule has 0 unspecified atom stereocenters. The summed E-state index contributed by atoms with van der Waals surface area (Å²) in [6.07, 6.45) is 3.33. The number of nitrogens with zero attached hydrogens (tertiary/aromatic N) is 2. The Balaban J connectivity index is 1.99. The second kappa shape index (κ2) is 4.55. The minimum atomic E-state index is 0.202. The molecular weight excluding hydrogens is 206 g/mol. The van der Waals surface area contributed by atoms with Crippen LogP contribution >= 0.6 is 0 Å². The fraction of sp³-hybridized carbons (Fsp3) is 0.636. The van der Waals surface area contributed by atoms with Crippen LogP contribution < -0.4 is 5.73 Å². The van der Waals surface area contributed by atoms with Crippen molar-refractivity contribution in [2.45, 2.75) is 39.2 Å². The number of rotatable bonds is 3. The Morgan fingerprint density at radius 1 is 1.62 bits per heavy atom. The molecule has 0 atom stereocenters. The predicted molar refractivity (Wildman–Crippen MR) is 59.6 cm³/mol. The fourth-order valence-electron chi connectivity index (χ4n) is 1.92. The van der Waals surface area contributed by atoms with E-state index in [1.807, 2.05) is 4.90 Å². The number of amides is 1. The van der Waals surface area contributed by atoms with E-state index in [4.69, 9.17) is 10.2 Å². The van der Waals surface area contributed by atoms with Crippen molar-refractivity contribution in [3.05, 3.63) is 11.5 Å². The number of carbonyl (C=O) groups excluding carboxylic acids is 1. The van der Waals surface area contributed by atoms with Crippen LogP contribution in [-0.2, 0) is 17.8 Å². The lowest BCUT2D eigenvalue weighted by Gasteiger charge is -2.25. The highest BCUT2D eigenvalue weighted by Gasteiger charge is 2.24. The average molecular weight is 223 g/mol. The molecule has 2 heterocycles. The molecule has 0 fully saturated rings. The molecule has 5 nitrogen and oxygen atoms in total. The van der Waals surface area contributed by atoms with Crippen LogP contribution in [0.4, 0.5) is 6.01 Å². The lowest BCUT2D eigenvalue weighted by molar-refractivity contribution is -0.132. The fourth-order valence-corrected chi connectivity index (χ4v) is 1.92. The average Bonchev–Trinajstić information content (AvgIpc) is 2.64. The molecule has 1 aliphatic heterocycles. The van der Waals surface area contributed by atoms with Crippen LogP contribution in [0.5, 0.6) is 0 Å². The van der Waals surface area contributed by atoms with Gasteiger partial charge < -0.3 is 15.1 Å². The topological polar surface area (TPSA) is 72.4 Å². The second-order valence-electron chi connectivity index (χ2n) is 4.09. The highest BCUT2D eigenvalue weighted by Crippen LogP contribution is 2.21. The van der Waals surface area contributed by atoms with Crippen LogP contribution in [0.2, 0.25) is 0 Å². The Morgan fingerprint density at radius 3 is 3.19 bits per heavy atom. The zero-order chi connectivity index (χ0) is 11.5. The first kappa shape index (κ1) is 11.0. The summed E-state index contributed by atoms with van der Waals surface area (Å²) in [5, 5.41) is 0. The standard InChI is InChI=1S/C11H17N3O2/c1-2-3-4-10(15)14-6-5-9-8(7-14)13-11(12)16-9/h2-7H2,1H3,(H2,12,13). The third kappa shape index (κ3) is 2.18. The number of aromatic nitrogens is 1. The van der Waals surface area contributed by atoms with Crippen molar-refractivity contribution in [1.82, 2.24) is 9.88 Å². The molecule has 1 aliphatic rings. The Kier molecular flexibility index (Phi) is 3.12. The van der Waals surface area contributed by atoms with Gasteiger partial charge in [-0.05, 0) is 6.42 Å². The number of hydrogen-bond acceptors (Lipinski definition) is 4. The van der Waals surface area contributed by atoms with Crippen molar-refractivity contribution < 1.29 is 9.21 Å². The first-order chi connectivity index (χ1) is 7.70. The molecule has 0 spiro atoms. The molecule has 1 amide bonds. The van der Waals surface area contributed by atoms with Crippen molar-refractivity contribution in [2.24, 2.45) is 0 Å². The minimum Gasteiger partial charge on any atom is -0.428 e. The van der Waals surface area contributed by atoms with Crippen molar-refractivity contribution in [3.8, 4) is 0 Å². The number of carbonyl (C=O) groups is 1. The Labute approximate surface area is 94.6 Å². The van der Waals surface area contributed by atoms with E-state index in [-0.39, 0.29) is 11.9 Å². The molecular formula is C11H17N3O2. The molecule has 2 N–H and O–H groups in total. The van der Waals surface area contributed by atoms with E-state index in [0.717, 1.165) is 30.7 Å². The van der Waals surface area contributed by atoms with Crippen LogP contribution in [0.1, 0.15) is 37.6 Å². The summed E-state index contributed by atoms with van der Waals surface area (Å²) in [6.45, 7) is 3.34. The molecule has 0 radical (unpaired) electrons. The van der Waals surface area contributed by atoms with E-state index in [1.54, 1.807) is 0 Å². The zero-order valence-corrected chi connectivity index (χ0v) is 9.53. The van der Waals surface area contributed by atoms with E-state index < -0.39 is 0 Å². The normalized spacial score (nSPS) is 14.9. The molecule has 1 aromatic rings. The van der Waals surface area contributed by atoms with Gasteiger partial charge in [0.05, 0.1) is 6.54 Å². The Hall–Kier alpha value is -1.52. The van der Waals surface area contributed by atoms with Gasteiger partial charge in [0.2, 0.25) is 5.91 Å². The second-order valence-corrected chi connectivity index (χ2v) is 4.09. The third-order valence-electron chi connectivity index (χ3n) is 2.84. The van der Waals surface area contributed by atoms with Crippen molar-refractivity contribution >= 4 is 11.9 Å². The van der Waals surface area contributed by atoms with Gasteiger partial charge in [-0.15, -0.1) is 0 Å². The van der Waals surface area contributed by atoms with Gasteiger partial charge in [0, 0.05) is 19.4 Å². The number of anilines is 1. The lowest BCUT2D eigenvalue weighted by atomic mass is 10.1. The van der Waals surface area contributed by atoms with Crippen LogP contribution in [0, 0.1) is 0 Å². The van der Waals surface area contributed by atoms with Crippen molar-refractivity contribution in [1.29, 1.82) is 0 Å². The van der Waals surface area contributed by atoms with Crippen LogP contribution in [-0.4, -0.2) is 22.3 Å². The maximum Gasteiger partial charge on any atom is 0.292 e. The number of fused-ring (bicyclic) bond motifs is 1. The molecule has 1 aromatic heterocycles. The third-order valence-corrected chi connectivity index (χ3v) is 2.84. The van der Waals surface area contributed by atoms with E-state index in [2.05, 4.69) is 11.9 Å². The molecule has 0 bridgehead atoms.